The molecule has 1 heterocycles. The Morgan fingerprint density at radius 1 is 1.27 bits per heavy atom. The molecule has 0 aromatic carbocycles. The number of rotatable bonds is 4. The van der Waals surface area contributed by atoms with E-state index in [0.717, 1.165) is 7.11 Å². The molecule has 1 rings (SSSR count). The van der Waals surface area contributed by atoms with Crippen LogP contribution in [0.25, 0.3) is 0 Å². The van der Waals surface area contributed by atoms with Crippen LogP contribution in [0.15, 0.2) is 0 Å². The summed E-state index contributed by atoms with van der Waals surface area (Å²) >= 11 is 0. The third kappa shape index (κ3) is 3.43. The Morgan fingerprint density at radius 2 is 1.87 bits per heavy atom. The van der Waals surface area contributed by atoms with Gasteiger partial charge >= 0.3 is 5.97 Å². The molecule has 0 N–H and O–H groups in total. The molecular weight excluding hydrogens is 200 g/mol. The first-order valence-electron chi connectivity index (χ1n) is 4.86. The van der Waals surface area contributed by atoms with Crippen LogP contribution in [0.1, 0.15) is 19.3 Å². The topological polar surface area (TPSA) is 69.7 Å². The molecule has 1 aliphatic rings. The normalized spacial score (nSPS) is 17.1. The Hall–Kier alpha value is -1.23. The van der Waals surface area contributed by atoms with Crippen LogP contribution in [0.2, 0.25) is 0 Å². The lowest BCUT2D eigenvalue weighted by Crippen LogP contribution is -2.27. The smallest absolute Gasteiger partial charge is 0.374 e. The number of ether oxygens (including phenoxy) is 2. The molecule has 5 heteroatoms. The molecule has 84 valence electrons. The average Bonchev–Trinajstić information content (AvgIpc) is 2.29. The van der Waals surface area contributed by atoms with Crippen LogP contribution in [-0.4, -0.2) is 37.9 Å². The minimum absolute atomic E-state index is 0.146. The van der Waals surface area contributed by atoms with Gasteiger partial charge in [-0.05, 0) is 12.8 Å². The molecule has 1 saturated heterocycles. The van der Waals surface area contributed by atoms with E-state index in [1.165, 1.54) is 0 Å². The van der Waals surface area contributed by atoms with E-state index in [9.17, 15) is 14.4 Å². The summed E-state index contributed by atoms with van der Waals surface area (Å²) in [5, 5.41) is 0. The van der Waals surface area contributed by atoms with Crippen molar-refractivity contribution < 1.29 is 23.9 Å². The molecular formula is C10H14O5. The van der Waals surface area contributed by atoms with Gasteiger partial charge in [-0.25, -0.2) is 4.79 Å². The summed E-state index contributed by atoms with van der Waals surface area (Å²) in [6.45, 7) is 1.09. The fraction of sp³-hybridized carbons (Fsp3) is 0.700. The number of carbonyl (C=O) groups excluding carboxylic acids is 3. The summed E-state index contributed by atoms with van der Waals surface area (Å²) in [4.78, 5) is 33.4. The molecule has 0 amide bonds. The van der Waals surface area contributed by atoms with Crippen LogP contribution in [0, 0.1) is 5.92 Å². The molecule has 1 fully saturated rings. The van der Waals surface area contributed by atoms with Gasteiger partial charge in [-0.1, -0.05) is 0 Å². The van der Waals surface area contributed by atoms with Crippen molar-refractivity contribution in [3.8, 4) is 0 Å². The maximum absolute atomic E-state index is 11.5. The zero-order chi connectivity index (χ0) is 11.3. The van der Waals surface area contributed by atoms with Crippen LogP contribution in [-0.2, 0) is 23.9 Å². The van der Waals surface area contributed by atoms with Gasteiger partial charge in [-0.2, -0.15) is 0 Å². The van der Waals surface area contributed by atoms with E-state index in [-0.39, 0.29) is 18.1 Å². The average molecular weight is 214 g/mol. The predicted octanol–water partition coefficient (Wildman–Crippen LogP) is 0.114. The van der Waals surface area contributed by atoms with Crippen LogP contribution in [0.3, 0.4) is 0 Å². The van der Waals surface area contributed by atoms with Crippen molar-refractivity contribution in [1.29, 1.82) is 0 Å². The number of Topliss-reactive ketones (excluding diaryl/α,β-unsaturated/α-hetero) is 2. The number of hydrogen-bond acceptors (Lipinski definition) is 5. The molecule has 5 nitrogen and oxygen atoms in total. The van der Waals surface area contributed by atoms with Crippen LogP contribution in [0.4, 0.5) is 0 Å². The van der Waals surface area contributed by atoms with Gasteiger partial charge in [-0.15, -0.1) is 0 Å². The van der Waals surface area contributed by atoms with Crippen molar-refractivity contribution in [2.24, 2.45) is 5.92 Å². The SMILES string of the molecule is COC(=O)C(=O)CC(=O)C1CCOCC1. The van der Waals surface area contributed by atoms with Crippen LogP contribution in [0.5, 0.6) is 0 Å². The second-order valence-electron chi connectivity index (χ2n) is 3.44. The maximum atomic E-state index is 11.5. The molecule has 0 bridgehead atoms. The Bertz CT molecular complexity index is 265. The summed E-state index contributed by atoms with van der Waals surface area (Å²) in [5.74, 6) is -2.05. The lowest BCUT2D eigenvalue weighted by atomic mass is 9.92. The highest BCUT2D eigenvalue weighted by atomic mass is 16.5. The number of methoxy groups -OCH3 is 1. The Kier molecular flexibility index (Phi) is 4.42. The first-order chi connectivity index (χ1) is 7.15. The number of ketones is 2. The van der Waals surface area contributed by atoms with Crippen LogP contribution >= 0.6 is 0 Å². The minimum atomic E-state index is -0.949. The van der Waals surface area contributed by atoms with Gasteiger partial charge in [0.2, 0.25) is 5.78 Å². The fourth-order valence-corrected chi connectivity index (χ4v) is 1.51. The number of esters is 1. The molecule has 0 radical (unpaired) electrons. The van der Waals surface area contributed by atoms with E-state index in [4.69, 9.17) is 4.74 Å². The summed E-state index contributed by atoms with van der Waals surface area (Å²) in [5.41, 5.74) is 0. The predicted molar refractivity (Wildman–Crippen MR) is 50.2 cm³/mol. The minimum Gasteiger partial charge on any atom is -0.463 e. The summed E-state index contributed by atoms with van der Waals surface area (Å²) in [6.07, 6.45) is 0.915. The second kappa shape index (κ2) is 5.60. The van der Waals surface area contributed by atoms with E-state index in [0.29, 0.717) is 26.1 Å². The molecule has 0 spiro atoms. The van der Waals surface area contributed by atoms with E-state index in [1.807, 2.05) is 0 Å². The van der Waals surface area contributed by atoms with Crippen molar-refractivity contribution in [3.05, 3.63) is 0 Å². The van der Waals surface area contributed by atoms with Crippen molar-refractivity contribution in [1.82, 2.24) is 0 Å². The maximum Gasteiger partial charge on any atom is 0.374 e. The van der Waals surface area contributed by atoms with Crippen molar-refractivity contribution in [2.45, 2.75) is 19.3 Å². The zero-order valence-corrected chi connectivity index (χ0v) is 8.65. The second-order valence-corrected chi connectivity index (χ2v) is 3.44. The van der Waals surface area contributed by atoms with Crippen LogP contribution < -0.4 is 0 Å². The summed E-state index contributed by atoms with van der Waals surface area (Å²) < 4.78 is 9.33. The van der Waals surface area contributed by atoms with Gasteiger partial charge in [0.25, 0.3) is 0 Å². The Morgan fingerprint density at radius 3 is 2.40 bits per heavy atom. The molecule has 15 heavy (non-hydrogen) atoms. The van der Waals surface area contributed by atoms with Crippen molar-refractivity contribution >= 4 is 17.5 Å². The number of carbonyl (C=O) groups is 3. The highest BCUT2D eigenvalue weighted by Crippen LogP contribution is 2.17. The van der Waals surface area contributed by atoms with Gasteiger partial charge in [-0.3, -0.25) is 9.59 Å². The third-order valence-electron chi connectivity index (χ3n) is 2.42. The van der Waals surface area contributed by atoms with Gasteiger partial charge < -0.3 is 9.47 Å². The molecule has 0 aliphatic carbocycles. The van der Waals surface area contributed by atoms with E-state index < -0.39 is 11.8 Å². The third-order valence-corrected chi connectivity index (χ3v) is 2.42. The lowest BCUT2D eigenvalue weighted by Gasteiger charge is -2.20. The van der Waals surface area contributed by atoms with E-state index in [2.05, 4.69) is 4.74 Å². The van der Waals surface area contributed by atoms with Crippen molar-refractivity contribution in [3.63, 3.8) is 0 Å². The molecule has 0 aromatic heterocycles. The molecule has 0 saturated carbocycles. The first-order valence-corrected chi connectivity index (χ1v) is 4.86. The van der Waals surface area contributed by atoms with Gasteiger partial charge in [0.1, 0.15) is 5.78 Å². The quantitative estimate of drug-likeness (QED) is 0.377. The van der Waals surface area contributed by atoms with Gasteiger partial charge in [0.15, 0.2) is 0 Å². The highest BCUT2D eigenvalue weighted by Gasteiger charge is 2.26. The fourth-order valence-electron chi connectivity index (χ4n) is 1.51. The molecule has 0 unspecified atom stereocenters. The summed E-state index contributed by atoms with van der Waals surface area (Å²) in [6, 6.07) is 0. The Labute approximate surface area is 87.7 Å². The van der Waals surface area contributed by atoms with E-state index in [1.54, 1.807) is 0 Å². The summed E-state index contributed by atoms with van der Waals surface area (Å²) in [7, 11) is 1.12. The van der Waals surface area contributed by atoms with Gasteiger partial charge in [0.05, 0.1) is 13.5 Å². The van der Waals surface area contributed by atoms with Gasteiger partial charge in [0, 0.05) is 19.1 Å². The van der Waals surface area contributed by atoms with E-state index >= 15 is 0 Å². The standard InChI is InChI=1S/C10H14O5/c1-14-10(13)9(12)6-8(11)7-2-4-15-5-3-7/h7H,2-6H2,1H3. The van der Waals surface area contributed by atoms with Crippen molar-refractivity contribution in [2.75, 3.05) is 20.3 Å². The molecule has 0 atom stereocenters. The first kappa shape index (κ1) is 11.8. The zero-order valence-electron chi connectivity index (χ0n) is 8.65. The lowest BCUT2D eigenvalue weighted by molar-refractivity contribution is -0.153. The monoisotopic (exact) mass is 214 g/mol. The molecule has 0 aromatic rings. The highest BCUT2D eigenvalue weighted by molar-refractivity contribution is 6.37. The molecule has 1 aliphatic heterocycles. The number of hydrogen-bond donors (Lipinski definition) is 0. The Balaban J connectivity index is 2.40. The largest absolute Gasteiger partial charge is 0.463 e.